The molecule has 2 rings (SSSR count). The molecule has 0 radical (unpaired) electrons. The van der Waals surface area contributed by atoms with Gasteiger partial charge in [0, 0.05) is 0 Å². The van der Waals surface area contributed by atoms with Crippen LogP contribution < -0.4 is 0 Å². The van der Waals surface area contributed by atoms with Crippen LogP contribution in [0.3, 0.4) is 0 Å². The van der Waals surface area contributed by atoms with Gasteiger partial charge in [-0.1, -0.05) is 0 Å². The van der Waals surface area contributed by atoms with Gasteiger partial charge >= 0.3 is 81.1 Å². The number of nitrogens with zero attached hydrogens (tertiary/aromatic N) is 1. The molecule has 5 nitrogen and oxygen atoms in total. The van der Waals surface area contributed by atoms with Gasteiger partial charge in [-0.2, -0.15) is 0 Å². The third kappa shape index (κ3) is 2.42. The fourth-order valence-corrected chi connectivity index (χ4v) is 5.23. The third-order valence-electron chi connectivity index (χ3n) is 2.14. The van der Waals surface area contributed by atoms with Crippen molar-refractivity contribution in [3.05, 3.63) is 0 Å². The Morgan fingerprint density at radius 1 is 0.846 bits per heavy atom. The number of hydrogen-bond donors (Lipinski definition) is 0. The Kier molecular flexibility index (Phi) is 3.23. The molecule has 1 spiro atoms. The van der Waals surface area contributed by atoms with E-state index in [0.717, 1.165) is 13.1 Å². The summed E-state index contributed by atoms with van der Waals surface area (Å²) in [4.78, 5) is 2.17. The zero-order chi connectivity index (χ0) is 9.15. The summed E-state index contributed by atoms with van der Waals surface area (Å²) in [5.74, 6) is 0. The maximum absolute atomic E-state index is 5.58. The topological polar surface area (TPSA) is 40.2 Å². The molecule has 2 fully saturated rings. The molecule has 0 aromatic rings. The second-order valence-electron chi connectivity index (χ2n) is 3.20. The van der Waals surface area contributed by atoms with E-state index in [2.05, 4.69) is 4.90 Å². The first kappa shape index (κ1) is 9.88. The predicted octanol–water partition coefficient (Wildman–Crippen LogP) is -0.553. The SMILES string of the molecule is CN1CC[O][Ge]2([O]CC[O]2)[O]CC1. The van der Waals surface area contributed by atoms with Gasteiger partial charge in [0.05, 0.1) is 0 Å². The summed E-state index contributed by atoms with van der Waals surface area (Å²) >= 11 is -3.17. The molecule has 13 heavy (non-hydrogen) atoms. The van der Waals surface area contributed by atoms with E-state index < -0.39 is 14.6 Å². The summed E-state index contributed by atoms with van der Waals surface area (Å²) in [5.41, 5.74) is 0. The van der Waals surface area contributed by atoms with Crippen molar-refractivity contribution in [3.8, 4) is 0 Å². The molecule has 76 valence electrons. The molecule has 0 N–H and O–H groups in total. The van der Waals surface area contributed by atoms with Crippen molar-refractivity contribution in [3.63, 3.8) is 0 Å². The van der Waals surface area contributed by atoms with E-state index in [9.17, 15) is 0 Å². The number of likely N-dealkylation sites (N-methyl/N-ethyl adjacent to an activating group) is 1. The molecular formula is C7H15GeNO4. The molecule has 0 aromatic heterocycles. The van der Waals surface area contributed by atoms with Crippen LogP contribution in [-0.4, -0.2) is 66.1 Å². The van der Waals surface area contributed by atoms with Gasteiger partial charge in [-0.05, 0) is 0 Å². The van der Waals surface area contributed by atoms with Gasteiger partial charge in [-0.3, -0.25) is 0 Å². The van der Waals surface area contributed by atoms with Gasteiger partial charge in [0.2, 0.25) is 0 Å². The van der Waals surface area contributed by atoms with E-state index in [-0.39, 0.29) is 0 Å². The van der Waals surface area contributed by atoms with Crippen LogP contribution in [0.4, 0.5) is 0 Å². The van der Waals surface area contributed by atoms with E-state index >= 15 is 0 Å². The minimum absolute atomic E-state index is 0.621. The van der Waals surface area contributed by atoms with E-state index in [0.29, 0.717) is 26.4 Å². The average Bonchev–Trinajstić information content (AvgIpc) is 2.51. The molecular weight excluding hydrogens is 235 g/mol. The molecule has 0 bridgehead atoms. The second kappa shape index (κ2) is 4.24. The Labute approximate surface area is 81.6 Å². The predicted molar refractivity (Wildman–Crippen MR) is 47.1 cm³/mol. The molecule has 0 aliphatic carbocycles. The normalized spacial score (nSPS) is 30.2. The Morgan fingerprint density at radius 2 is 1.31 bits per heavy atom. The van der Waals surface area contributed by atoms with Crippen LogP contribution in [0.1, 0.15) is 0 Å². The van der Waals surface area contributed by atoms with Gasteiger partial charge < -0.3 is 0 Å². The maximum atomic E-state index is 5.58. The van der Waals surface area contributed by atoms with Crippen LogP contribution in [0, 0.1) is 0 Å². The second-order valence-corrected chi connectivity index (χ2v) is 7.72. The van der Waals surface area contributed by atoms with Crippen molar-refractivity contribution >= 4 is 14.6 Å². The van der Waals surface area contributed by atoms with Crippen molar-refractivity contribution in [2.45, 2.75) is 0 Å². The van der Waals surface area contributed by atoms with Gasteiger partial charge in [0.25, 0.3) is 0 Å². The summed E-state index contributed by atoms with van der Waals surface area (Å²) in [6.07, 6.45) is 0. The fourth-order valence-electron chi connectivity index (χ4n) is 1.35. The summed E-state index contributed by atoms with van der Waals surface area (Å²) < 4.78 is 22.1. The van der Waals surface area contributed by atoms with Crippen molar-refractivity contribution < 1.29 is 15.1 Å². The first-order valence-electron chi connectivity index (χ1n) is 4.55. The van der Waals surface area contributed by atoms with Crippen LogP contribution in [0.2, 0.25) is 0 Å². The Hall–Kier alpha value is 0.343. The molecule has 0 saturated carbocycles. The van der Waals surface area contributed by atoms with Gasteiger partial charge in [-0.25, -0.2) is 0 Å². The Balaban J connectivity index is 1.90. The molecule has 2 heterocycles. The molecule has 0 aromatic carbocycles. The molecule has 6 heteroatoms. The van der Waals surface area contributed by atoms with Crippen LogP contribution in [0.5, 0.6) is 0 Å². The zero-order valence-corrected chi connectivity index (χ0v) is 9.92. The fraction of sp³-hybridized carbons (Fsp3) is 1.00. The number of hydrogen-bond acceptors (Lipinski definition) is 5. The van der Waals surface area contributed by atoms with Crippen LogP contribution in [0.15, 0.2) is 0 Å². The molecule has 2 aliphatic heterocycles. The van der Waals surface area contributed by atoms with Gasteiger partial charge in [-0.15, -0.1) is 0 Å². The van der Waals surface area contributed by atoms with E-state index in [1.165, 1.54) is 0 Å². The van der Waals surface area contributed by atoms with Crippen LogP contribution >= 0.6 is 0 Å². The standard InChI is InChI=1S/C7H15GeNO4/c1-9-2-4-10-8(11-5-3-9)12-6-7-13-8/h2-7H2,1H3. The van der Waals surface area contributed by atoms with Crippen molar-refractivity contribution in [1.29, 1.82) is 0 Å². The van der Waals surface area contributed by atoms with Crippen molar-refractivity contribution in [2.75, 3.05) is 46.6 Å². The first-order valence-corrected chi connectivity index (χ1v) is 7.98. The Bertz CT molecular complexity index is 162. The third-order valence-corrected chi connectivity index (χ3v) is 6.82. The van der Waals surface area contributed by atoms with E-state index in [4.69, 9.17) is 15.1 Å². The van der Waals surface area contributed by atoms with E-state index in [1.54, 1.807) is 0 Å². The van der Waals surface area contributed by atoms with Gasteiger partial charge in [0.15, 0.2) is 0 Å². The summed E-state index contributed by atoms with van der Waals surface area (Å²) in [7, 11) is 2.05. The molecule has 0 unspecified atom stereocenters. The van der Waals surface area contributed by atoms with Crippen LogP contribution in [0.25, 0.3) is 0 Å². The van der Waals surface area contributed by atoms with E-state index in [1.807, 2.05) is 7.05 Å². The molecule has 0 amide bonds. The zero-order valence-electron chi connectivity index (χ0n) is 7.82. The average molecular weight is 250 g/mol. The monoisotopic (exact) mass is 251 g/mol. The minimum atomic E-state index is -3.17. The molecule has 0 atom stereocenters. The Morgan fingerprint density at radius 3 is 1.85 bits per heavy atom. The van der Waals surface area contributed by atoms with Crippen LogP contribution in [-0.2, 0) is 15.1 Å². The summed E-state index contributed by atoms with van der Waals surface area (Å²) in [5, 5.41) is 0. The molecule has 2 aliphatic rings. The van der Waals surface area contributed by atoms with Crippen molar-refractivity contribution in [2.24, 2.45) is 0 Å². The first-order chi connectivity index (χ1) is 6.31. The summed E-state index contributed by atoms with van der Waals surface area (Å²) in [6.45, 7) is 4.38. The van der Waals surface area contributed by atoms with Gasteiger partial charge in [0.1, 0.15) is 0 Å². The summed E-state index contributed by atoms with van der Waals surface area (Å²) in [6, 6.07) is 0. The number of rotatable bonds is 0. The molecule has 2 saturated heterocycles. The van der Waals surface area contributed by atoms with Crippen molar-refractivity contribution in [1.82, 2.24) is 4.90 Å². The quantitative estimate of drug-likeness (QED) is 0.539.